The minimum Gasteiger partial charge on any atom is -0.479 e. The predicted octanol–water partition coefficient (Wildman–Crippen LogP) is 1.74. The Morgan fingerprint density at radius 3 is 2.88 bits per heavy atom. The first kappa shape index (κ1) is 10.6. The molecule has 0 unspecified atom stereocenters. The molecule has 2 aromatic rings. The normalized spacial score (nSPS) is 10.1. The van der Waals surface area contributed by atoms with E-state index >= 15 is 0 Å². The molecule has 1 heterocycles. The molecule has 0 radical (unpaired) electrons. The van der Waals surface area contributed by atoms with Gasteiger partial charge < -0.3 is 4.74 Å². The van der Waals surface area contributed by atoms with Crippen LogP contribution < -0.4 is 4.74 Å². The fraction of sp³-hybridized carbons (Fsp3) is 0.100. The molecular formula is C10H8ClN3O2. The van der Waals surface area contributed by atoms with Crippen LogP contribution in [0.3, 0.4) is 0 Å². The first-order chi connectivity index (χ1) is 7.74. The van der Waals surface area contributed by atoms with E-state index in [1.165, 1.54) is 18.1 Å². The van der Waals surface area contributed by atoms with Gasteiger partial charge in [-0.1, -0.05) is 11.6 Å². The number of hydrogen-bond donors (Lipinski definition) is 0. The zero-order chi connectivity index (χ0) is 11.5. The number of rotatable bonds is 3. The van der Waals surface area contributed by atoms with Crippen molar-refractivity contribution in [2.45, 2.75) is 0 Å². The van der Waals surface area contributed by atoms with Crippen LogP contribution in [0.15, 0.2) is 24.4 Å². The van der Waals surface area contributed by atoms with Crippen molar-refractivity contribution >= 4 is 17.9 Å². The Bertz CT molecular complexity index is 525. The van der Waals surface area contributed by atoms with Gasteiger partial charge in [-0.25, -0.2) is 0 Å². The van der Waals surface area contributed by atoms with Gasteiger partial charge in [-0.3, -0.25) is 4.79 Å². The molecule has 0 N–H and O–H groups in total. The highest BCUT2D eigenvalue weighted by Gasteiger charge is 2.05. The first-order valence-corrected chi connectivity index (χ1v) is 4.84. The van der Waals surface area contributed by atoms with Crippen LogP contribution in [0.25, 0.3) is 5.69 Å². The van der Waals surface area contributed by atoms with Crippen molar-refractivity contribution in [1.29, 1.82) is 0 Å². The lowest BCUT2D eigenvalue weighted by Gasteiger charge is -2.01. The van der Waals surface area contributed by atoms with Crippen molar-refractivity contribution in [3.05, 3.63) is 35.0 Å². The molecule has 1 aromatic heterocycles. The van der Waals surface area contributed by atoms with Gasteiger partial charge in [0.1, 0.15) is 6.20 Å². The van der Waals surface area contributed by atoms with Crippen molar-refractivity contribution in [2.24, 2.45) is 0 Å². The molecule has 0 saturated carbocycles. The van der Waals surface area contributed by atoms with Gasteiger partial charge in [0.25, 0.3) is 5.88 Å². The number of ether oxygens (including phenoxy) is 1. The number of methoxy groups -OCH3 is 1. The topological polar surface area (TPSA) is 57.0 Å². The summed E-state index contributed by atoms with van der Waals surface area (Å²) >= 11 is 5.89. The Morgan fingerprint density at radius 2 is 2.31 bits per heavy atom. The molecule has 0 amide bonds. The Balaban J connectivity index is 2.40. The Hall–Kier alpha value is -1.88. The van der Waals surface area contributed by atoms with E-state index in [2.05, 4.69) is 10.2 Å². The quantitative estimate of drug-likeness (QED) is 0.763. The summed E-state index contributed by atoms with van der Waals surface area (Å²) in [5.74, 6) is 0.413. The van der Waals surface area contributed by atoms with Crippen LogP contribution in [0.4, 0.5) is 0 Å². The van der Waals surface area contributed by atoms with Gasteiger partial charge in [-0.2, -0.15) is 5.10 Å². The van der Waals surface area contributed by atoms with Gasteiger partial charge in [0.15, 0.2) is 6.29 Å². The molecule has 0 bridgehead atoms. The number of aldehydes is 1. The zero-order valence-electron chi connectivity index (χ0n) is 8.42. The summed E-state index contributed by atoms with van der Waals surface area (Å²) in [5, 5.41) is 8.38. The molecule has 2 rings (SSSR count). The van der Waals surface area contributed by atoms with Gasteiger partial charge in [0.2, 0.25) is 0 Å². The maximum Gasteiger partial charge on any atom is 0.253 e. The van der Waals surface area contributed by atoms with Gasteiger partial charge in [-0.05, 0) is 18.2 Å². The molecule has 82 valence electrons. The lowest BCUT2D eigenvalue weighted by atomic mass is 10.2. The van der Waals surface area contributed by atoms with Crippen LogP contribution in [-0.2, 0) is 0 Å². The fourth-order valence-electron chi connectivity index (χ4n) is 1.20. The maximum absolute atomic E-state index is 10.6. The molecule has 0 aliphatic heterocycles. The minimum atomic E-state index is 0.365. The summed E-state index contributed by atoms with van der Waals surface area (Å²) in [6.07, 6.45) is 2.19. The third-order valence-electron chi connectivity index (χ3n) is 2.02. The monoisotopic (exact) mass is 237 g/mol. The summed E-state index contributed by atoms with van der Waals surface area (Å²) in [5.41, 5.74) is 1.10. The third kappa shape index (κ3) is 1.90. The lowest BCUT2D eigenvalue weighted by Crippen LogP contribution is -1.99. The Labute approximate surface area is 96.6 Å². The number of halogens is 1. The van der Waals surface area contributed by atoms with E-state index in [1.807, 2.05) is 0 Å². The van der Waals surface area contributed by atoms with Crippen LogP contribution in [0, 0.1) is 0 Å². The largest absolute Gasteiger partial charge is 0.479 e. The average molecular weight is 238 g/mol. The van der Waals surface area contributed by atoms with Crippen LogP contribution in [0.5, 0.6) is 5.88 Å². The van der Waals surface area contributed by atoms with Crippen LogP contribution >= 0.6 is 11.6 Å². The molecule has 0 aliphatic carbocycles. The molecule has 0 saturated heterocycles. The second-order valence-corrected chi connectivity index (χ2v) is 3.41. The van der Waals surface area contributed by atoms with Crippen molar-refractivity contribution in [2.75, 3.05) is 7.11 Å². The van der Waals surface area contributed by atoms with E-state index in [0.29, 0.717) is 28.4 Å². The van der Waals surface area contributed by atoms with Crippen molar-refractivity contribution in [3.8, 4) is 11.6 Å². The predicted molar refractivity (Wildman–Crippen MR) is 58.3 cm³/mol. The maximum atomic E-state index is 10.6. The third-order valence-corrected chi connectivity index (χ3v) is 2.35. The van der Waals surface area contributed by atoms with E-state index in [1.54, 1.807) is 18.2 Å². The minimum absolute atomic E-state index is 0.365. The van der Waals surface area contributed by atoms with Gasteiger partial charge in [-0.15, -0.1) is 9.90 Å². The van der Waals surface area contributed by atoms with Crippen molar-refractivity contribution in [1.82, 2.24) is 15.0 Å². The highest BCUT2D eigenvalue weighted by atomic mass is 35.5. The van der Waals surface area contributed by atoms with Gasteiger partial charge >= 0.3 is 0 Å². The number of hydrogen-bond acceptors (Lipinski definition) is 4. The number of aromatic nitrogens is 3. The Morgan fingerprint density at radius 1 is 1.50 bits per heavy atom. The van der Waals surface area contributed by atoms with E-state index in [0.717, 1.165) is 0 Å². The van der Waals surface area contributed by atoms with Gasteiger partial charge in [0, 0.05) is 5.56 Å². The van der Waals surface area contributed by atoms with E-state index in [4.69, 9.17) is 16.3 Å². The standard InChI is InChI=1S/C10H8ClN3O2/c1-16-10-5-12-14(13-10)8-3-2-7(6-15)9(11)4-8/h2-6H,1H3. The van der Waals surface area contributed by atoms with E-state index in [9.17, 15) is 4.79 Å². The Kier molecular flexibility index (Phi) is 2.87. The number of carbonyl (C=O) groups is 1. The zero-order valence-corrected chi connectivity index (χ0v) is 9.18. The summed E-state index contributed by atoms with van der Waals surface area (Å²) in [7, 11) is 1.51. The first-order valence-electron chi connectivity index (χ1n) is 4.46. The number of nitrogens with zero attached hydrogens (tertiary/aromatic N) is 3. The highest BCUT2D eigenvalue weighted by molar-refractivity contribution is 6.33. The van der Waals surface area contributed by atoms with E-state index < -0.39 is 0 Å². The average Bonchev–Trinajstić information content (AvgIpc) is 2.77. The molecule has 0 spiro atoms. The van der Waals surface area contributed by atoms with Gasteiger partial charge in [0.05, 0.1) is 17.8 Å². The summed E-state index contributed by atoms with van der Waals surface area (Å²) in [6, 6.07) is 4.93. The smallest absolute Gasteiger partial charge is 0.253 e. The molecule has 6 heteroatoms. The van der Waals surface area contributed by atoms with Crippen LogP contribution in [-0.4, -0.2) is 28.4 Å². The molecule has 1 aromatic carbocycles. The number of carbonyl (C=O) groups excluding carboxylic acids is 1. The van der Waals surface area contributed by atoms with Crippen molar-refractivity contribution in [3.63, 3.8) is 0 Å². The highest BCUT2D eigenvalue weighted by Crippen LogP contribution is 2.18. The summed E-state index contributed by atoms with van der Waals surface area (Å²) < 4.78 is 4.91. The molecule has 0 fully saturated rings. The van der Waals surface area contributed by atoms with Crippen LogP contribution in [0.2, 0.25) is 5.02 Å². The SMILES string of the molecule is COc1cnn(-c2ccc(C=O)c(Cl)c2)n1. The molecule has 5 nitrogen and oxygen atoms in total. The number of benzene rings is 1. The van der Waals surface area contributed by atoms with Crippen molar-refractivity contribution < 1.29 is 9.53 Å². The van der Waals surface area contributed by atoms with Crippen LogP contribution in [0.1, 0.15) is 10.4 Å². The van der Waals surface area contributed by atoms with E-state index in [-0.39, 0.29) is 0 Å². The second kappa shape index (κ2) is 4.32. The molecule has 0 aliphatic rings. The molecular weight excluding hydrogens is 230 g/mol. The molecule has 0 atom stereocenters. The second-order valence-electron chi connectivity index (χ2n) is 3.00. The summed E-state index contributed by atoms with van der Waals surface area (Å²) in [6.45, 7) is 0. The summed E-state index contributed by atoms with van der Waals surface area (Å²) in [4.78, 5) is 12.0. The lowest BCUT2D eigenvalue weighted by molar-refractivity contribution is 0.112. The fourth-order valence-corrected chi connectivity index (χ4v) is 1.42. The molecule has 16 heavy (non-hydrogen) atoms.